The summed E-state index contributed by atoms with van der Waals surface area (Å²) in [6.45, 7) is 3.73. The Morgan fingerprint density at radius 2 is 2.07 bits per heavy atom. The van der Waals surface area contributed by atoms with Crippen LogP contribution in [0.4, 0.5) is 4.39 Å². The van der Waals surface area contributed by atoms with E-state index in [0.29, 0.717) is 39.1 Å². The molecule has 1 fully saturated rings. The second-order valence-electron chi connectivity index (χ2n) is 6.69. The van der Waals surface area contributed by atoms with Crippen molar-refractivity contribution in [3.63, 3.8) is 0 Å². The first-order valence-corrected chi connectivity index (χ1v) is 10.5. The fraction of sp³-hybridized carbons (Fsp3) is 0.500. The van der Waals surface area contributed by atoms with Crippen LogP contribution < -0.4 is 5.73 Å². The van der Waals surface area contributed by atoms with Gasteiger partial charge in [-0.3, -0.25) is 0 Å². The van der Waals surface area contributed by atoms with Crippen LogP contribution in [0.1, 0.15) is 24.8 Å². The first-order valence-electron chi connectivity index (χ1n) is 9.05. The lowest BCUT2D eigenvalue weighted by Crippen LogP contribution is -2.41. The van der Waals surface area contributed by atoms with Gasteiger partial charge < -0.3 is 10.5 Å². The van der Waals surface area contributed by atoms with E-state index in [0.717, 1.165) is 18.1 Å². The first-order chi connectivity index (χ1) is 12.9. The largest absolute Gasteiger partial charge is 0.378 e. The molecule has 3 rings (SSSR count). The van der Waals surface area contributed by atoms with Crippen LogP contribution in [-0.4, -0.2) is 54.8 Å². The van der Waals surface area contributed by atoms with Crippen LogP contribution >= 0.6 is 0 Å². The van der Waals surface area contributed by atoms with Crippen LogP contribution in [-0.2, 0) is 14.8 Å². The van der Waals surface area contributed by atoms with E-state index in [2.05, 4.69) is 5.10 Å². The summed E-state index contributed by atoms with van der Waals surface area (Å²) in [5.74, 6) is -0.626. The number of aryl methyl sites for hydroxylation is 1. The topological polar surface area (TPSA) is 90.5 Å². The van der Waals surface area contributed by atoms with Gasteiger partial charge in [0.1, 0.15) is 11.5 Å². The van der Waals surface area contributed by atoms with Crippen LogP contribution in [0.25, 0.3) is 5.69 Å². The van der Waals surface area contributed by atoms with Gasteiger partial charge in [-0.25, -0.2) is 17.5 Å². The highest BCUT2D eigenvalue weighted by Gasteiger charge is 2.30. The maximum Gasteiger partial charge on any atom is 0.243 e. The quantitative estimate of drug-likeness (QED) is 0.721. The number of nitrogens with two attached hydrogens (primary N) is 1. The van der Waals surface area contributed by atoms with Crippen molar-refractivity contribution < 1.29 is 17.5 Å². The lowest BCUT2D eigenvalue weighted by atomic mass is 10.1. The van der Waals surface area contributed by atoms with E-state index in [9.17, 15) is 12.8 Å². The minimum Gasteiger partial charge on any atom is -0.378 e. The molecular weight excluding hydrogens is 371 g/mol. The number of aromatic nitrogens is 2. The van der Waals surface area contributed by atoms with Gasteiger partial charge in [0, 0.05) is 25.9 Å². The average Bonchev–Trinajstić information content (AvgIpc) is 3.08. The van der Waals surface area contributed by atoms with Crippen molar-refractivity contribution in [2.24, 2.45) is 5.73 Å². The molecule has 1 aromatic heterocycles. The molecule has 27 heavy (non-hydrogen) atoms. The van der Waals surface area contributed by atoms with Gasteiger partial charge >= 0.3 is 0 Å². The van der Waals surface area contributed by atoms with Crippen molar-refractivity contribution in [2.75, 3.05) is 26.2 Å². The number of piperidine rings is 1. The van der Waals surface area contributed by atoms with Crippen LogP contribution in [0.5, 0.6) is 0 Å². The standard InChI is InChI=1S/C18H25FN4O3S/c1-14-12-21-23(13-14)18-4-3-16(11-17(18)19)27(24,25)22-8-5-15(6-9-22)26-10-2-7-20/h3-4,11-13,15H,2,5-10,20H2,1H3. The van der Waals surface area contributed by atoms with Gasteiger partial charge in [0.05, 0.1) is 17.2 Å². The molecule has 2 aromatic rings. The molecule has 1 aliphatic heterocycles. The van der Waals surface area contributed by atoms with Gasteiger partial charge in [-0.15, -0.1) is 0 Å². The molecule has 2 N–H and O–H groups in total. The lowest BCUT2D eigenvalue weighted by Gasteiger charge is -2.31. The molecular formula is C18H25FN4O3S. The Morgan fingerprint density at radius 3 is 2.67 bits per heavy atom. The molecule has 0 saturated carbocycles. The lowest BCUT2D eigenvalue weighted by molar-refractivity contribution is 0.0209. The Balaban J connectivity index is 1.69. The Morgan fingerprint density at radius 1 is 1.33 bits per heavy atom. The molecule has 2 heterocycles. The molecule has 0 radical (unpaired) electrons. The summed E-state index contributed by atoms with van der Waals surface area (Å²) < 4.78 is 48.7. The molecule has 0 spiro atoms. The summed E-state index contributed by atoms with van der Waals surface area (Å²) in [4.78, 5) is -0.0462. The molecule has 1 aliphatic rings. The van der Waals surface area contributed by atoms with Gasteiger partial charge in [-0.05, 0) is 56.5 Å². The maximum absolute atomic E-state index is 14.5. The van der Waals surface area contributed by atoms with Crippen LogP contribution in [0.3, 0.4) is 0 Å². The van der Waals surface area contributed by atoms with Gasteiger partial charge in [0.25, 0.3) is 0 Å². The van der Waals surface area contributed by atoms with E-state index in [1.807, 2.05) is 6.92 Å². The Kier molecular flexibility index (Phi) is 6.25. The summed E-state index contributed by atoms with van der Waals surface area (Å²) in [5.41, 5.74) is 6.55. The van der Waals surface area contributed by atoms with Crippen molar-refractivity contribution in [1.82, 2.24) is 14.1 Å². The van der Waals surface area contributed by atoms with E-state index >= 15 is 0 Å². The number of ether oxygens (including phenoxy) is 1. The van der Waals surface area contributed by atoms with Gasteiger partial charge in [0.15, 0.2) is 0 Å². The van der Waals surface area contributed by atoms with Crippen molar-refractivity contribution in [2.45, 2.75) is 37.2 Å². The van der Waals surface area contributed by atoms with Gasteiger partial charge in [-0.1, -0.05) is 0 Å². The Hall–Kier alpha value is -1.81. The number of halogens is 1. The summed E-state index contributed by atoms with van der Waals surface area (Å²) in [5, 5.41) is 4.06. The van der Waals surface area contributed by atoms with Crippen LogP contribution in [0, 0.1) is 12.7 Å². The summed E-state index contributed by atoms with van der Waals surface area (Å²) >= 11 is 0. The van der Waals surface area contributed by atoms with Crippen molar-refractivity contribution >= 4 is 10.0 Å². The highest BCUT2D eigenvalue weighted by Crippen LogP contribution is 2.24. The minimum atomic E-state index is -3.74. The number of nitrogens with zero attached hydrogens (tertiary/aromatic N) is 3. The molecule has 0 unspecified atom stereocenters. The number of rotatable bonds is 7. The van der Waals surface area contributed by atoms with Crippen molar-refractivity contribution in [1.29, 1.82) is 0 Å². The number of benzene rings is 1. The third-order valence-corrected chi connectivity index (χ3v) is 6.51. The highest BCUT2D eigenvalue weighted by atomic mass is 32.2. The SMILES string of the molecule is Cc1cnn(-c2ccc(S(=O)(=O)N3CCC(OCCCN)CC3)cc2F)c1. The summed E-state index contributed by atoms with van der Waals surface area (Å²) in [7, 11) is -3.74. The smallest absolute Gasteiger partial charge is 0.243 e. The Labute approximate surface area is 159 Å². The molecule has 1 saturated heterocycles. The van der Waals surface area contributed by atoms with Crippen LogP contribution in [0.15, 0.2) is 35.5 Å². The van der Waals surface area contributed by atoms with E-state index in [1.54, 1.807) is 12.4 Å². The molecule has 9 heteroatoms. The highest BCUT2D eigenvalue weighted by molar-refractivity contribution is 7.89. The predicted molar refractivity (Wildman–Crippen MR) is 99.7 cm³/mol. The van der Waals surface area contributed by atoms with E-state index in [1.165, 1.54) is 21.1 Å². The van der Waals surface area contributed by atoms with Gasteiger partial charge in [0.2, 0.25) is 10.0 Å². The van der Waals surface area contributed by atoms with Crippen molar-refractivity contribution in [3.05, 3.63) is 42.0 Å². The molecule has 0 atom stereocenters. The zero-order chi connectivity index (χ0) is 19.4. The van der Waals surface area contributed by atoms with E-state index in [-0.39, 0.29) is 16.7 Å². The zero-order valence-electron chi connectivity index (χ0n) is 15.3. The predicted octanol–water partition coefficient (Wildman–Crippen LogP) is 1.84. The van der Waals surface area contributed by atoms with Crippen LogP contribution in [0.2, 0.25) is 0 Å². The third-order valence-electron chi connectivity index (χ3n) is 4.62. The number of sulfonamides is 1. The fourth-order valence-corrected chi connectivity index (χ4v) is 4.58. The van der Waals surface area contributed by atoms with Crippen molar-refractivity contribution in [3.8, 4) is 5.69 Å². The maximum atomic E-state index is 14.5. The zero-order valence-corrected chi connectivity index (χ0v) is 16.2. The summed E-state index contributed by atoms with van der Waals surface area (Å²) in [6, 6.07) is 3.93. The second-order valence-corrected chi connectivity index (χ2v) is 8.63. The fourth-order valence-electron chi connectivity index (χ4n) is 3.10. The average molecular weight is 396 g/mol. The van der Waals surface area contributed by atoms with E-state index < -0.39 is 15.8 Å². The first kappa shape index (κ1) is 19.9. The van der Waals surface area contributed by atoms with E-state index in [4.69, 9.17) is 10.5 Å². The molecule has 1 aromatic carbocycles. The molecule has 0 bridgehead atoms. The third kappa shape index (κ3) is 4.55. The Bertz CT molecular complexity index is 876. The molecule has 7 nitrogen and oxygen atoms in total. The molecule has 148 valence electrons. The second kappa shape index (κ2) is 8.47. The molecule has 0 aliphatic carbocycles. The summed E-state index contributed by atoms with van der Waals surface area (Å²) in [6.07, 6.45) is 5.38. The minimum absolute atomic E-state index is 0.0462. The normalized spacial score (nSPS) is 16.7. The monoisotopic (exact) mass is 396 g/mol. The van der Waals surface area contributed by atoms with Gasteiger partial charge in [-0.2, -0.15) is 9.40 Å². The number of hydrogen-bond acceptors (Lipinski definition) is 5. The number of hydrogen-bond donors (Lipinski definition) is 1. The molecule has 0 amide bonds.